The van der Waals surface area contributed by atoms with Crippen LogP contribution in [0, 0.1) is 29.6 Å². The van der Waals surface area contributed by atoms with E-state index in [1.807, 2.05) is 48.1 Å². The molecule has 0 amide bonds. The molecule has 15 nitrogen and oxygen atoms in total. The molecule has 1 unspecified atom stereocenters. The molecule has 0 aliphatic carbocycles. The van der Waals surface area contributed by atoms with E-state index in [4.69, 9.17) is 42.5 Å². The van der Waals surface area contributed by atoms with Gasteiger partial charge in [0.15, 0.2) is 0 Å². The van der Waals surface area contributed by atoms with Crippen molar-refractivity contribution in [3.8, 4) is 40.5 Å². The second-order valence-corrected chi connectivity index (χ2v) is 16.0. The highest BCUT2D eigenvalue weighted by atomic mass is 35.5. The monoisotopic (exact) mass is 926 g/mol. The van der Waals surface area contributed by atoms with Crippen molar-refractivity contribution in [2.45, 2.75) is 52.4 Å². The second kappa shape index (κ2) is 22.2. The smallest absolute Gasteiger partial charge is 0.323 e. The number of aliphatic carboxylic acids is 1. The van der Waals surface area contributed by atoms with Gasteiger partial charge in [-0.3, -0.25) is 24.8 Å². The van der Waals surface area contributed by atoms with Crippen LogP contribution in [0.2, 0.25) is 10.0 Å². The summed E-state index contributed by atoms with van der Waals surface area (Å²) in [4.78, 5) is 19.9. The van der Waals surface area contributed by atoms with Gasteiger partial charge in [0.05, 0.1) is 47.6 Å². The number of carboxylic acids is 1. The topological polar surface area (TPSA) is 221 Å². The fourth-order valence-corrected chi connectivity index (χ4v) is 7.73. The van der Waals surface area contributed by atoms with E-state index in [2.05, 4.69) is 38.8 Å². The van der Waals surface area contributed by atoms with Gasteiger partial charge in [-0.1, -0.05) is 53.5 Å². The van der Waals surface area contributed by atoms with E-state index >= 15 is 0 Å². The number of carbonyl (C=O) groups is 1. The summed E-state index contributed by atoms with van der Waals surface area (Å²) in [6.45, 7) is 2.94. The second-order valence-electron chi connectivity index (χ2n) is 15.2. The van der Waals surface area contributed by atoms with Crippen LogP contribution in [0.3, 0.4) is 0 Å². The largest absolute Gasteiger partial charge is 0.489 e. The molecule has 7 aromatic rings. The summed E-state index contributed by atoms with van der Waals surface area (Å²) in [7, 11) is 0. The fraction of sp³-hybridized carbons (Fsp3) is 0.224. The van der Waals surface area contributed by atoms with Crippen molar-refractivity contribution in [2.75, 3.05) is 19.8 Å². The predicted octanol–water partition coefficient (Wildman–Crippen LogP) is 7.25. The number of hydrogen-bond donors (Lipinski definition) is 5. The zero-order chi connectivity index (χ0) is 46.6. The summed E-state index contributed by atoms with van der Waals surface area (Å²) < 4.78 is 20.7. The predicted molar refractivity (Wildman–Crippen MR) is 247 cm³/mol. The molecule has 5 N–H and O–H groups in total. The van der Waals surface area contributed by atoms with Crippen LogP contribution >= 0.6 is 23.2 Å². The molecule has 7 rings (SSSR count). The minimum atomic E-state index is -1.20. The lowest BCUT2D eigenvalue weighted by atomic mass is 9.94. The van der Waals surface area contributed by atoms with Crippen LogP contribution in [0.25, 0.3) is 22.0 Å². The van der Waals surface area contributed by atoms with Crippen LogP contribution in [0.1, 0.15) is 50.1 Å². The number of benzene rings is 4. The lowest BCUT2D eigenvalue weighted by molar-refractivity contribution is -0.140. The molecule has 0 radical (unpaired) electrons. The summed E-state index contributed by atoms with van der Waals surface area (Å²) in [6, 6.07) is 25.4. The molecule has 1 atom stereocenters. The van der Waals surface area contributed by atoms with Crippen LogP contribution in [0.5, 0.6) is 17.2 Å². The third-order valence-electron chi connectivity index (χ3n) is 10.7. The Balaban J connectivity index is 1.12. The molecule has 0 bridgehead atoms. The number of aromatic nitrogens is 4. The summed E-state index contributed by atoms with van der Waals surface area (Å²) in [6.07, 6.45) is 8.00. The van der Waals surface area contributed by atoms with Gasteiger partial charge in [0.2, 0.25) is 0 Å². The zero-order valence-electron chi connectivity index (χ0n) is 35.7. The molecule has 0 saturated heterocycles. The zero-order valence-corrected chi connectivity index (χ0v) is 37.2. The number of nitrogens with one attached hydrogen (secondary N) is 2. The standard InChI is InChI=1S/C49H44Cl2N8O7/c1-30-35(29-66-48-15-47(36(13-43(48)51)22-54-8-9-60)65-28-34-11-32(17-53)19-56-21-34)4-2-5-39(30)40-6-3-7-45-41(40)24-58-59(45)25-38-14-46(64-27-33-10-31(16-52)18-55-20-33)37(12-42(38)50)23-57-44(26-61)49(62)63/h2-7,10-15,18-21,24,44,54,57,60-61H,8-9,22-23,25-29H2,1H3,(H,62,63). The van der Waals surface area contributed by atoms with Gasteiger partial charge < -0.3 is 34.8 Å². The molecule has 0 saturated carbocycles. The molecular formula is C49H44Cl2N8O7. The number of hydrogen-bond acceptors (Lipinski definition) is 13. The molecule has 4 aromatic carbocycles. The number of aliphatic hydroxyl groups excluding tert-OH is 2. The number of pyridine rings is 2. The van der Waals surface area contributed by atoms with Crippen LogP contribution in [-0.4, -0.2) is 66.8 Å². The minimum Gasteiger partial charge on any atom is -0.489 e. The average molecular weight is 928 g/mol. The Morgan fingerprint density at radius 2 is 1.38 bits per heavy atom. The van der Waals surface area contributed by atoms with Gasteiger partial charge in [0.25, 0.3) is 0 Å². The lowest BCUT2D eigenvalue weighted by Crippen LogP contribution is -2.39. The normalized spacial score (nSPS) is 11.5. The van der Waals surface area contributed by atoms with Gasteiger partial charge in [-0.25, -0.2) is 0 Å². The van der Waals surface area contributed by atoms with E-state index in [1.54, 1.807) is 48.8 Å². The van der Waals surface area contributed by atoms with Crippen LogP contribution in [0.4, 0.5) is 0 Å². The third-order valence-corrected chi connectivity index (χ3v) is 11.4. The van der Waals surface area contributed by atoms with Crippen LogP contribution in [-0.2, 0) is 44.2 Å². The Kier molecular flexibility index (Phi) is 15.8. The molecule has 0 fully saturated rings. The maximum Gasteiger partial charge on any atom is 0.323 e. The average Bonchev–Trinajstić information content (AvgIpc) is 3.74. The summed E-state index contributed by atoms with van der Waals surface area (Å²) in [5, 5.41) is 59.6. The Morgan fingerprint density at radius 1 is 0.742 bits per heavy atom. The number of rotatable bonds is 21. The van der Waals surface area contributed by atoms with Crippen molar-refractivity contribution in [1.82, 2.24) is 30.4 Å². The van der Waals surface area contributed by atoms with Crippen LogP contribution in [0.15, 0.2) is 104 Å². The van der Waals surface area contributed by atoms with Gasteiger partial charge in [-0.15, -0.1) is 0 Å². The molecule has 0 spiro atoms. The van der Waals surface area contributed by atoms with Crippen LogP contribution < -0.4 is 24.8 Å². The van der Waals surface area contributed by atoms with E-state index in [-0.39, 0.29) is 39.5 Å². The molecule has 66 heavy (non-hydrogen) atoms. The Bertz CT molecular complexity index is 2950. The van der Waals surface area contributed by atoms with Crippen molar-refractivity contribution in [3.05, 3.63) is 164 Å². The molecule has 3 aromatic heterocycles. The Morgan fingerprint density at radius 3 is 2.05 bits per heavy atom. The number of carboxylic acid groups (broad SMARTS) is 1. The molecule has 0 aliphatic rings. The minimum absolute atomic E-state index is 0.0270. The molecule has 336 valence electrons. The van der Waals surface area contributed by atoms with E-state index in [1.165, 1.54) is 12.4 Å². The van der Waals surface area contributed by atoms with E-state index in [0.29, 0.717) is 68.2 Å². The lowest BCUT2D eigenvalue weighted by Gasteiger charge is -2.18. The van der Waals surface area contributed by atoms with E-state index < -0.39 is 18.6 Å². The van der Waals surface area contributed by atoms with Gasteiger partial charge in [-0.2, -0.15) is 15.6 Å². The Hall–Kier alpha value is -7.08. The molecular weight excluding hydrogens is 883 g/mol. The fourth-order valence-electron chi connectivity index (χ4n) is 7.24. The van der Waals surface area contributed by atoms with Crippen molar-refractivity contribution in [3.63, 3.8) is 0 Å². The van der Waals surface area contributed by atoms with Gasteiger partial charge >= 0.3 is 5.97 Å². The Labute approximate surface area is 390 Å². The third kappa shape index (κ3) is 11.4. The molecule has 17 heteroatoms. The SMILES string of the molecule is Cc1c(COc2cc(OCc3cncc(C#N)c3)c(CNCCO)cc2Cl)cccc1-c1cccc2c1cnn2Cc1cc(OCc2cncc(C#N)c2)c(CNC(CO)C(=O)O)cc1Cl. The molecule has 3 heterocycles. The quantitative estimate of drug-likeness (QED) is 0.0448. The number of nitriles is 2. The number of aliphatic hydroxyl groups is 2. The maximum atomic E-state index is 11.6. The van der Waals surface area contributed by atoms with Gasteiger partial charge in [0.1, 0.15) is 55.2 Å². The maximum absolute atomic E-state index is 11.6. The number of ether oxygens (including phenoxy) is 3. The number of nitrogens with zero attached hydrogens (tertiary/aromatic N) is 6. The van der Waals surface area contributed by atoms with Crippen molar-refractivity contribution >= 4 is 40.1 Å². The first-order chi connectivity index (χ1) is 32.1. The van der Waals surface area contributed by atoms with Crippen molar-refractivity contribution in [1.29, 1.82) is 10.5 Å². The van der Waals surface area contributed by atoms with Crippen molar-refractivity contribution < 1.29 is 34.3 Å². The van der Waals surface area contributed by atoms with E-state index in [9.17, 15) is 30.6 Å². The highest BCUT2D eigenvalue weighted by Crippen LogP contribution is 2.37. The number of fused-ring (bicyclic) bond motifs is 1. The van der Waals surface area contributed by atoms with E-state index in [0.717, 1.165) is 44.3 Å². The number of halogens is 2. The highest BCUT2D eigenvalue weighted by Gasteiger charge is 2.20. The highest BCUT2D eigenvalue weighted by molar-refractivity contribution is 6.32. The summed E-state index contributed by atoms with van der Waals surface area (Å²) in [5.74, 6) is 0.176. The first-order valence-corrected chi connectivity index (χ1v) is 21.5. The van der Waals surface area contributed by atoms with Crippen molar-refractivity contribution in [2.24, 2.45) is 0 Å². The molecule has 0 aliphatic heterocycles. The first kappa shape index (κ1) is 46.9. The van der Waals surface area contributed by atoms with Gasteiger partial charge in [-0.05, 0) is 71.1 Å². The summed E-state index contributed by atoms with van der Waals surface area (Å²) >= 11 is 13.7. The van der Waals surface area contributed by atoms with Gasteiger partial charge in [0, 0.05) is 83.2 Å². The summed E-state index contributed by atoms with van der Waals surface area (Å²) in [5.41, 5.74) is 8.95. The first-order valence-electron chi connectivity index (χ1n) is 20.7.